The average Bonchev–Trinajstić information content (AvgIpc) is 3.42. The summed E-state index contributed by atoms with van der Waals surface area (Å²) in [7, 11) is 0. The van der Waals surface area contributed by atoms with Crippen LogP contribution in [0, 0.1) is 0 Å². The Kier molecular flexibility index (Phi) is 5.84. The Morgan fingerprint density at radius 1 is 1.48 bits per heavy atom. The van der Waals surface area contributed by atoms with Crippen molar-refractivity contribution in [1.29, 1.82) is 0 Å². The fraction of sp³-hybridized carbons (Fsp3) is 0.267. The van der Waals surface area contributed by atoms with Crippen LogP contribution in [0.2, 0.25) is 0 Å². The van der Waals surface area contributed by atoms with Gasteiger partial charge in [0.05, 0.1) is 5.75 Å². The smallest absolute Gasteiger partial charge is 0.353 e. The highest BCUT2D eigenvalue weighted by Gasteiger charge is 2.54. The van der Waals surface area contributed by atoms with Crippen molar-refractivity contribution in [3.8, 4) is 0 Å². The Morgan fingerprint density at radius 3 is 2.90 bits per heavy atom. The number of carbonyl (C=O) groups is 3. The summed E-state index contributed by atoms with van der Waals surface area (Å²) < 4.78 is 0. The lowest BCUT2D eigenvalue weighted by Crippen LogP contribution is -2.71. The van der Waals surface area contributed by atoms with Crippen molar-refractivity contribution >= 4 is 63.5 Å². The predicted molar refractivity (Wildman–Crippen MR) is 112 cm³/mol. The van der Waals surface area contributed by atoms with Gasteiger partial charge in [-0.05, 0) is 0 Å². The molecule has 31 heavy (non-hydrogen) atoms. The summed E-state index contributed by atoms with van der Waals surface area (Å²) in [6, 6.07) is -0.973. The van der Waals surface area contributed by atoms with E-state index in [0.717, 1.165) is 16.2 Å². The third-order valence-electron chi connectivity index (χ3n) is 4.34. The number of aromatic nitrogens is 4. The third kappa shape index (κ3) is 3.96. The average molecular weight is 483 g/mol. The molecule has 0 unspecified atom stereocenters. The highest BCUT2D eigenvalue weighted by molar-refractivity contribution is 8.05. The van der Waals surface area contributed by atoms with E-state index in [1.807, 2.05) is 0 Å². The van der Waals surface area contributed by atoms with Gasteiger partial charge in [-0.2, -0.15) is 5.10 Å². The number of carbonyl (C=O) groups excluding carboxylic acids is 2. The molecule has 16 heteroatoms. The summed E-state index contributed by atoms with van der Waals surface area (Å²) in [6.07, 6.45) is 1.42. The molecule has 0 aliphatic carbocycles. The quantitative estimate of drug-likeness (QED) is 0.149. The maximum absolute atomic E-state index is 12.7. The van der Waals surface area contributed by atoms with Crippen LogP contribution in [0.25, 0.3) is 0 Å². The van der Waals surface area contributed by atoms with E-state index in [1.165, 1.54) is 35.2 Å². The number of nitrogens with one attached hydrogen (secondary N) is 2. The molecule has 0 radical (unpaired) electrons. The van der Waals surface area contributed by atoms with Crippen molar-refractivity contribution in [3.05, 3.63) is 33.8 Å². The van der Waals surface area contributed by atoms with Crippen LogP contribution < -0.4 is 11.1 Å². The first kappa shape index (κ1) is 21.1. The number of nitrogens with two attached hydrogens (primary N) is 1. The van der Waals surface area contributed by atoms with Crippen LogP contribution in [-0.4, -0.2) is 76.0 Å². The van der Waals surface area contributed by atoms with Gasteiger partial charge in [-0.3, -0.25) is 19.6 Å². The first-order valence-corrected chi connectivity index (χ1v) is 11.4. The summed E-state index contributed by atoms with van der Waals surface area (Å²) in [5.41, 5.74) is 5.09. The van der Waals surface area contributed by atoms with Gasteiger partial charge >= 0.3 is 5.97 Å². The second-order valence-electron chi connectivity index (χ2n) is 6.16. The molecule has 2 aliphatic rings. The fourth-order valence-corrected chi connectivity index (χ4v) is 6.02. The van der Waals surface area contributed by atoms with Crippen LogP contribution in [0.1, 0.15) is 11.5 Å². The zero-order valence-electron chi connectivity index (χ0n) is 15.4. The minimum Gasteiger partial charge on any atom is -0.477 e. The largest absolute Gasteiger partial charge is 0.477 e. The van der Waals surface area contributed by atoms with E-state index in [2.05, 4.69) is 30.6 Å². The molecule has 0 saturated carbocycles. The lowest BCUT2D eigenvalue weighted by Gasteiger charge is -2.49. The molecule has 0 spiro atoms. The number of nitrogen functional groups attached to an aromatic ring is 1. The summed E-state index contributed by atoms with van der Waals surface area (Å²) >= 11 is 3.61. The van der Waals surface area contributed by atoms with Crippen molar-refractivity contribution in [2.75, 3.05) is 11.5 Å². The maximum Gasteiger partial charge on any atom is 0.353 e. The Morgan fingerprint density at radius 2 is 2.29 bits per heavy atom. The summed E-state index contributed by atoms with van der Waals surface area (Å²) in [5, 5.41) is 31.9. The van der Waals surface area contributed by atoms with Crippen LogP contribution in [-0.2, 0) is 20.1 Å². The minimum atomic E-state index is -1.24. The van der Waals surface area contributed by atoms with Gasteiger partial charge in [0.1, 0.15) is 29.1 Å². The number of carboxylic acid groups (broad SMARTS) is 1. The molecule has 0 aromatic carbocycles. The van der Waals surface area contributed by atoms with E-state index in [-0.39, 0.29) is 16.5 Å². The van der Waals surface area contributed by atoms with Gasteiger partial charge in [-0.15, -0.1) is 34.9 Å². The van der Waals surface area contributed by atoms with Crippen molar-refractivity contribution in [2.24, 2.45) is 5.16 Å². The van der Waals surface area contributed by atoms with Crippen molar-refractivity contribution < 1.29 is 24.7 Å². The summed E-state index contributed by atoms with van der Waals surface area (Å²) in [6.45, 7) is 0. The first-order valence-electron chi connectivity index (χ1n) is 8.53. The molecule has 162 valence electrons. The van der Waals surface area contributed by atoms with Crippen LogP contribution in [0.4, 0.5) is 5.13 Å². The van der Waals surface area contributed by atoms with E-state index in [1.54, 1.807) is 0 Å². The van der Waals surface area contributed by atoms with E-state index >= 15 is 0 Å². The number of hydrogen-bond acceptors (Lipinski definition) is 12. The number of rotatable bonds is 7. The van der Waals surface area contributed by atoms with Crippen LogP contribution in [0.15, 0.2) is 27.5 Å². The molecule has 4 rings (SSSR count). The fourth-order valence-electron chi connectivity index (χ4n) is 2.98. The second kappa shape index (κ2) is 8.56. The summed E-state index contributed by atoms with van der Waals surface area (Å²) in [4.78, 5) is 46.6. The molecule has 2 aromatic rings. The number of β-lactam (4-membered cyclic amide) rings is 1. The van der Waals surface area contributed by atoms with Crippen molar-refractivity contribution in [1.82, 2.24) is 30.4 Å². The number of H-pyrrole nitrogens is 1. The highest BCUT2D eigenvalue weighted by Crippen LogP contribution is 2.43. The SMILES string of the molecule is Nc1nc(/C(=N/O)C(=O)N[C@@H]2C(=O)N3C(C(=O)O)=C(SCc4nc[nH]n4)CS[C@@H]23)cs1. The van der Waals surface area contributed by atoms with Crippen molar-refractivity contribution in [2.45, 2.75) is 17.2 Å². The number of fused-ring (bicyclic) bond motifs is 1. The Balaban J connectivity index is 1.48. The molecule has 6 N–H and O–H groups in total. The second-order valence-corrected chi connectivity index (χ2v) is 9.23. The number of thiazole rings is 1. The zero-order valence-corrected chi connectivity index (χ0v) is 17.8. The van der Waals surface area contributed by atoms with Gasteiger partial charge < -0.3 is 21.4 Å². The Bertz CT molecular complexity index is 1100. The van der Waals surface area contributed by atoms with Crippen molar-refractivity contribution in [3.63, 3.8) is 0 Å². The van der Waals surface area contributed by atoms with Gasteiger partial charge in [-0.25, -0.2) is 14.8 Å². The van der Waals surface area contributed by atoms with Crippen LogP contribution in [0.3, 0.4) is 0 Å². The minimum absolute atomic E-state index is 0.0687. The summed E-state index contributed by atoms with van der Waals surface area (Å²) in [5.74, 6) is -1.45. The lowest BCUT2D eigenvalue weighted by atomic mass is 10.0. The van der Waals surface area contributed by atoms with Gasteiger partial charge in [0.15, 0.2) is 16.7 Å². The number of aliphatic carboxylic acids is 1. The number of hydrogen-bond donors (Lipinski definition) is 5. The number of oxime groups is 1. The van der Waals surface area contributed by atoms with E-state index in [0.29, 0.717) is 22.2 Å². The number of amides is 2. The number of nitrogens with zero attached hydrogens (tertiary/aromatic N) is 5. The normalized spacial score (nSPS) is 21.0. The van der Waals surface area contributed by atoms with E-state index in [4.69, 9.17) is 5.73 Å². The molecule has 2 aromatic heterocycles. The number of aromatic amines is 1. The molecular formula is C15H14N8O5S3. The number of carboxylic acids is 1. The van der Waals surface area contributed by atoms with Crippen LogP contribution >= 0.6 is 34.9 Å². The topological polar surface area (TPSA) is 200 Å². The molecule has 2 aliphatic heterocycles. The Hall–Kier alpha value is -3.11. The lowest BCUT2D eigenvalue weighted by molar-refractivity contribution is -0.150. The van der Waals surface area contributed by atoms with Gasteiger partial charge in [0.2, 0.25) is 0 Å². The predicted octanol–water partition coefficient (Wildman–Crippen LogP) is -0.349. The highest BCUT2D eigenvalue weighted by atomic mass is 32.2. The standard InChI is InChI=1S/C15H14N8O5S3/c16-15-19-5(1-31-15)8(22-28)11(24)20-9-12(25)23-10(14(26)27)6(2-30-13(9)23)29-3-7-17-4-18-21-7/h1,4,9,13,28H,2-3H2,(H2,16,19)(H,20,24)(H,26,27)(H,17,18,21)/b22-8-/t9-,13+/m1/s1. The van der Waals surface area contributed by atoms with E-state index < -0.39 is 34.9 Å². The molecule has 4 heterocycles. The third-order valence-corrected chi connectivity index (χ3v) is 7.57. The number of thioether (sulfide) groups is 2. The van der Waals surface area contributed by atoms with Gasteiger partial charge in [-0.1, -0.05) is 5.16 Å². The molecule has 0 bridgehead atoms. The van der Waals surface area contributed by atoms with Crippen LogP contribution in [0.5, 0.6) is 0 Å². The molecular weight excluding hydrogens is 468 g/mol. The molecule has 2 atom stereocenters. The molecule has 1 saturated heterocycles. The van der Waals surface area contributed by atoms with Gasteiger partial charge in [0, 0.05) is 16.0 Å². The molecule has 2 amide bonds. The molecule has 13 nitrogen and oxygen atoms in total. The maximum atomic E-state index is 12.7. The first-order chi connectivity index (χ1) is 14.9. The monoisotopic (exact) mass is 482 g/mol. The van der Waals surface area contributed by atoms with E-state index in [9.17, 15) is 24.7 Å². The van der Waals surface area contributed by atoms with Gasteiger partial charge in [0.25, 0.3) is 11.8 Å². The Labute approximate surface area is 186 Å². The molecule has 1 fully saturated rings. The zero-order chi connectivity index (χ0) is 22.1. The number of anilines is 1.